The Morgan fingerprint density at radius 3 is 2.70 bits per heavy atom. The molecule has 2 N–H and O–H groups in total. The Morgan fingerprint density at radius 1 is 1.11 bits per heavy atom. The van der Waals surface area contributed by atoms with Crippen molar-refractivity contribution >= 4 is 22.6 Å². The van der Waals surface area contributed by atoms with Gasteiger partial charge in [0.2, 0.25) is 11.8 Å². The third-order valence-corrected chi connectivity index (χ3v) is 5.70. The fourth-order valence-electron chi connectivity index (χ4n) is 3.79. The standard InChI is InChI=1S/C21H27N3O3/c1-14-6-5-9-18(15(14)2)23-19(25)12-22-20(26)13-24-11-10-16-7-3-4-8-17(16)21(24)27/h3-4,7-8,10-11,14-15,18H,5-6,9,12-13H2,1-2H3,(H,22,26)(H,23,25)/t14-,15+,18+/m1/s1. The number of fused-ring (bicyclic) bond motifs is 1. The van der Waals surface area contributed by atoms with E-state index < -0.39 is 0 Å². The minimum Gasteiger partial charge on any atom is -0.352 e. The monoisotopic (exact) mass is 369 g/mol. The molecule has 1 aliphatic carbocycles. The predicted octanol–water partition coefficient (Wildman–Crippen LogP) is 2.06. The van der Waals surface area contributed by atoms with Gasteiger partial charge in [-0.1, -0.05) is 44.9 Å². The van der Waals surface area contributed by atoms with Gasteiger partial charge in [-0.15, -0.1) is 0 Å². The van der Waals surface area contributed by atoms with Crippen molar-refractivity contribution in [1.29, 1.82) is 0 Å². The van der Waals surface area contributed by atoms with Gasteiger partial charge in [-0.3, -0.25) is 14.4 Å². The Labute approximate surface area is 159 Å². The molecule has 1 heterocycles. The molecule has 0 unspecified atom stereocenters. The Bertz CT molecular complexity index is 890. The zero-order valence-corrected chi connectivity index (χ0v) is 15.9. The van der Waals surface area contributed by atoms with Crippen LogP contribution in [-0.4, -0.2) is 29.0 Å². The maximum Gasteiger partial charge on any atom is 0.258 e. The summed E-state index contributed by atoms with van der Waals surface area (Å²) in [5, 5.41) is 7.06. The van der Waals surface area contributed by atoms with Crippen molar-refractivity contribution in [2.75, 3.05) is 6.54 Å². The number of amides is 2. The number of hydrogen-bond donors (Lipinski definition) is 2. The van der Waals surface area contributed by atoms with E-state index in [1.165, 1.54) is 11.0 Å². The number of nitrogens with one attached hydrogen (secondary N) is 2. The Kier molecular flexibility index (Phi) is 5.94. The molecule has 0 radical (unpaired) electrons. The van der Waals surface area contributed by atoms with Crippen LogP contribution in [0.15, 0.2) is 41.3 Å². The highest BCUT2D eigenvalue weighted by molar-refractivity contribution is 5.85. The van der Waals surface area contributed by atoms with Gasteiger partial charge in [0.15, 0.2) is 0 Å². The maximum atomic E-state index is 12.4. The van der Waals surface area contributed by atoms with E-state index in [1.807, 2.05) is 18.2 Å². The van der Waals surface area contributed by atoms with Gasteiger partial charge >= 0.3 is 0 Å². The Hall–Kier alpha value is -2.63. The van der Waals surface area contributed by atoms with E-state index in [0.717, 1.165) is 18.2 Å². The van der Waals surface area contributed by atoms with Gasteiger partial charge in [0.1, 0.15) is 6.54 Å². The first-order chi connectivity index (χ1) is 13.0. The zero-order valence-electron chi connectivity index (χ0n) is 15.9. The average molecular weight is 369 g/mol. The highest BCUT2D eigenvalue weighted by Crippen LogP contribution is 2.29. The van der Waals surface area contributed by atoms with Crippen molar-refractivity contribution in [2.45, 2.75) is 45.7 Å². The van der Waals surface area contributed by atoms with E-state index in [-0.39, 0.29) is 36.5 Å². The Morgan fingerprint density at radius 2 is 1.89 bits per heavy atom. The molecule has 2 amide bonds. The van der Waals surface area contributed by atoms with Crippen LogP contribution in [0.5, 0.6) is 0 Å². The first-order valence-corrected chi connectivity index (χ1v) is 9.60. The summed E-state index contributed by atoms with van der Waals surface area (Å²) in [6, 6.07) is 9.24. The normalized spacial score (nSPS) is 22.4. The quantitative estimate of drug-likeness (QED) is 0.847. The summed E-state index contributed by atoms with van der Waals surface area (Å²) in [6.45, 7) is 4.21. The van der Waals surface area contributed by atoms with Gasteiger partial charge < -0.3 is 15.2 Å². The molecule has 6 nitrogen and oxygen atoms in total. The first kappa shape index (κ1) is 19.1. The fourth-order valence-corrected chi connectivity index (χ4v) is 3.79. The summed E-state index contributed by atoms with van der Waals surface area (Å²) in [4.78, 5) is 36.8. The van der Waals surface area contributed by atoms with Gasteiger partial charge in [0, 0.05) is 17.6 Å². The summed E-state index contributed by atoms with van der Waals surface area (Å²) in [6.07, 6.45) is 4.91. The molecule has 27 heavy (non-hydrogen) atoms. The topological polar surface area (TPSA) is 80.2 Å². The highest BCUT2D eigenvalue weighted by atomic mass is 16.2. The molecule has 1 aromatic heterocycles. The van der Waals surface area contributed by atoms with Gasteiger partial charge in [-0.05, 0) is 35.8 Å². The first-order valence-electron chi connectivity index (χ1n) is 9.60. The molecule has 2 aromatic rings. The van der Waals surface area contributed by atoms with Crippen molar-refractivity contribution in [3.63, 3.8) is 0 Å². The summed E-state index contributed by atoms with van der Waals surface area (Å²) in [5.74, 6) is 0.501. The number of hydrogen-bond acceptors (Lipinski definition) is 3. The maximum absolute atomic E-state index is 12.4. The van der Waals surface area contributed by atoms with Crippen LogP contribution in [0.4, 0.5) is 0 Å². The minimum atomic E-state index is -0.354. The van der Waals surface area contributed by atoms with E-state index in [1.54, 1.807) is 18.3 Å². The summed E-state index contributed by atoms with van der Waals surface area (Å²) in [5.41, 5.74) is -0.210. The number of aromatic nitrogens is 1. The molecular weight excluding hydrogens is 342 g/mol. The predicted molar refractivity (Wildman–Crippen MR) is 105 cm³/mol. The largest absolute Gasteiger partial charge is 0.352 e. The highest BCUT2D eigenvalue weighted by Gasteiger charge is 2.28. The molecule has 1 fully saturated rings. The lowest BCUT2D eigenvalue weighted by Crippen LogP contribution is -2.47. The molecule has 144 valence electrons. The van der Waals surface area contributed by atoms with Crippen LogP contribution in [0.1, 0.15) is 33.1 Å². The number of pyridine rings is 1. The van der Waals surface area contributed by atoms with Crippen LogP contribution in [0.3, 0.4) is 0 Å². The third-order valence-electron chi connectivity index (χ3n) is 5.70. The fraction of sp³-hybridized carbons (Fsp3) is 0.476. The van der Waals surface area contributed by atoms with Gasteiger partial charge in [-0.2, -0.15) is 0 Å². The van der Waals surface area contributed by atoms with Gasteiger partial charge in [0.25, 0.3) is 5.56 Å². The minimum absolute atomic E-state index is 0.0707. The molecule has 0 aliphatic heterocycles. The molecule has 3 atom stereocenters. The van der Waals surface area contributed by atoms with Crippen molar-refractivity contribution in [3.05, 3.63) is 46.9 Å². The molecule has 3 rings (SSSR count). The number of benzene rings is 1. The molecule has 0 saturated heterocycles. The molecule has 0 spiro atoms. The summed E-state index contributed by atoms with van der Waals surface area (Å²) >= 11 is 0. The van der Waals surface area contributed by atoms with Gasteiger partial charge in [-0.25, -0.2) is 0 Å². The number of carbonyl (C=O) groups excluding carboxylic acids is 2. The molecule has 1 saturated carbocycles. The van der Waals surface area contributed by atoms with Gasteiger partial charge in [0.05, 0.1) is 6.54 Å². The number of carbonyl (C=O) groups is 2. The van der Waals surface area contributed by atoms with Crippen molar-refractivity contribution < 1.29 is 9.59 Å². The van der Waals surface area contributed by atoms with E-state index in [4.69, 9.17) is 0 Å². The second kappa shape index (κ2) is 8.37. The Balaban J connectivity index is 1.53. The lowest BCUT2D eigenvalue weighted by atomic mass is 9.78. The SMILES string of the molecule is C[C@H]1[C@H](C)CCC[C@@H]1NC(=O)CNC(=O)Cn1ccc2ccccc2c1=O. The van der Waals surface area contributed by atoms with Crippen LogP contribution in [0.2, 0.25) is 0 Å². The van der Waals surface area contributed by atoms with Crippen LogP contribution in [0.25, 0.3) is 10.8 Å². The second-order valence-corrected chi connectivity index (χ2v) is 7.55. The lowest BCUT2D eigenvalue weighted by molar-refractivity contribution is -0.127. The van der Waals surface area contributed by atoms with Crippen LogP contribution in [0, 0.1) is 11.8 Å². The van der Waals surface area contributed by atoms with E-state index >= 15 is 0 Å². The van der Waals surface area contributed by atoms with E-state index in [9.17, 15) is 14.4 Å². The summed E-state index contributed by atoms with van der Waals surface area (Å²) < 4.78 is 1.36. The molecule has 0 bridgehead atoms. The molecule has 6 heteroatoms. The van der Waals surface area contributed by atoms with Crippen LogP contribution in [-0.2, 0) is 16.1 Å². The van der Waals surface area contributed by atoms with Crippen LogP contribution < -0.4 is 16.2 Å². The number of nitrogens with zero attached hydrogens (tertiary/aromatic N) is 1. The molecule has 1 aliphatic rings. The molecule has 1 aromatic carbocycles. The lowest BCUT2D eigenvalue weighted by Gasteiger charge is -2.34. The third kappa shape index (κ3) is 4.56. The van der Waals surface area contributed by atoms with Crippen molar-refractivity contribution in [2.24, 2.45) is 11.8 Å². The van der Waals surface area contributed by atoms with E-state index in [2.05, 4.69) is 24.5 Å². The van der Waals surface area contributed by atoms with Crippen molar-refractivity contribution in [1.82, 2.24) is 15.2 Å². The van der Waals surface area contributed by atoms with Crippen molar-refractivity contribution in [3.8, 4) is 0 Å². The summed E-state index contributed by atoms with van der Waals surface area (Å²) in [7, 11) is 0. The van der Waals surface area contributed by atoms with E-state index in [0.29, 0.717) is 17.2 Å². The second-order valence-electron chi connectivity index (χ2n) is 7.55. The zero-order chi connectivity index (χ0) is 19.4. The smallest absolute Gasteiger partial charge is 0.258 e. The number of rotatable bonds is 5. The average Bonchev–Trinajstić information content (AvgIpc) is 2.66. The van der Waals surface area contributed by atoms with Crippen LogP contribution >= 0.6 is 0 Å². The molecular formula is C21H27N3O3.